The van der Waals surface area contributed by atoms with Gasteiger partial charge in [-0.15, -0.1) is 0 Å². The number of rotatable bonds is 5. The van der Waals surface area contributed by atoms with Gasteiger partial charge in [0.15, 0.2) is 0 Å². The van der Waals surface area contributed by atoms with Crippen LogP contribution in [0, 0.1) is 12.8 Å². The van der Waals surface area contributed by atoms with Gasteiger partial charge in [0.05, 0.1) is 17.4 Å². The molecule has 4 nitrogen and oxygen atoms in total. The minimum atomic E-state index is -0.961. The molecule has 1 heterocycles. The summed E-state index contributed by atoms with van der Waals surface area (Å²) in [5.74, 6) is 0.0850. The second-order valence-corrected chi connectivity index (χ2v) is 4.65. The van der Waals surface area contributed by atoms with E-state index in [4.69, 9.17) is 9.84 Å². The average Bonchev–Trinajstić information content (AvgIpc) is 2.15. The van der Waals surface area contributed by atoms with Crippen LogP contribution in [-0.4, -0.2) is 22.2 Å². The van der Waals surface area contributed by atoms with Gasteiger partial charge in [-0.3, -0.25) is 0 Å². The van der Waals surface area contributed by atoms with Gasteiger partial charge in [-0.05, 0) is 32.3 Å². The number of pyridine rings is 1. The van der Waals surface area contributed by atoms with Gasteiger partial charge >= 0.3 is 5.97 Å². The van der Waals surface area contributed by atoms with Crippen LogP contribution in [0.15, 0.2) is 12.1 Å². The highest BCUT2D eigenvalue weighted by molar-refractivity contribution is 5.88. The topological polar surface area (TPSA) is 59.4 Å². The normalized spacial score (nSPS) is 12.5. The molecule has 0 fully saturated rings. The van der Waals surface area contributed by atoms with Crippen LogP contribution in [0.1, 0.15) is 43.2 Å². The second-order valence-electron chi connectivity index (χ2n) is 4.65. The van der Waals surface area contributed by atoms with E-state index in [-0.39, 0.29) is 11.7 Å². The maximum Gasteiger partial charge on any atom is 0.337 e. The predicted molar refractivity (Wildman–Crippen MR) is 65.5 cm³/mol. The molecule has 0 bridgehead atoms. The van der Waals surface area contributed by atoms with Crippen LogP contribution in [0.3, 0.4) is 0 Å². The monoisotopic (exact) mass is 237 g/mol. The molecule has 0 amide bonds. The van der Waals surface area contributed by atoms with E-state index in [0.717, 1.165) is 6.42 Å². The van der Waals surface area contributed by atoms with Crippen LogP contribution in [0.25, 0.3) is 0 Å². The summed E-state index contributed by atoms with van der Waals surface area (Å²) in [4.78, 5) is 15.0. The van der Waals surface area contributed by atoms with Gasteiger partial charge in [-0.25, -0.2) is 9.78 Å². The number of hydrogen-bond donors (Lipinski definition) is 1. The third kappa shape index (κ3) is 4.06. The summed E-state index contributed by atoms with van der Waals surface area (Å²) >= 11 is 0. The second kappa shape index (κ2) is 5.66. The lowest BCUT2D eigenvalue weighted by atomic mass is 10.1. The molecule has 1 rings (SSSR count). The van der Waals surface area contributed by atoms with E-state index < -0.39 is 5.97 Å². The van der Waals surface area contributed by atoms with Gasteiger partial charge in [0.25, 0.3) is 0 Å². The van der Waals surface area contributed by atoms with Gasteiger partial charge in [0, 0.05) is 6.07 Å². The first kappa shape index (κ1) is 13.5. The number of hydrogen-bond acceptors (Lipinski definition) is 3. The van der Waals surface area contributed by atoms with Crippen molar-refractivity contribution >= 4 is 5.97 Å². The zero-order valence-electron chi connectivity index (χ0n) is 10.7. The van der Waals surface area contributed by atoms with Crippen LogP contribution in [0.2, 0.25) is 0 Å². The molecule has 17 heavy (non-hydrogen) atoms. The molecule has 1 aromatic heterocycles. The molecule has 1 aromatic rings. The molecule has 0 saturated heterocycles. The standard InChI is InChI=1S/C13H19NO3/c1-8(2)7-9(3)17-12-6-5-11(13(15)16)10(4)14-12/h5-6,8-9H,7H2,1-4H3,(H,15,16). The zero-order chi connectivity index (χ0) is 13.0. The fraction of sp³-hybridized carbons (Fsp3) is 0.538. The van der Waals surface area contributed by atoms with Crippen molar-refractivity contribution < 1.29 is 14.6 Å². The molecule has 94 valence electrons. The van der Waals surface area contributed by atoms with Crippen molar-refractivity contribution in [2.24, 2.45) is 5.92 Å². The highest BCUT2D eigenvalue weighted by atomic mass is 16.5. The third-order valence-corrected chi connectivity index (χ3v) is 2.42. The first-order valence-corrected chi connectivity index (χ1v) is 5.77. The van der Waals surface area contributed by atoms with E-state index >= 15 is 0 Å². The first-order valence-electron chi connectivity index (χ1n) is 5.77. The van der Waals surface area contributed by atoms with Crippen LogP contribution in [0.5, 0.6) is 5.88 Å². The van der Waals surface area contributed by atoms with Crippen LogP contribution in [-0.2, 0) is 0 Å². The van der Waals surface area contributed by atoms with E-state index in [1.54, 1.807) is 13.0 Å². The SMILES string of the molecule is Cc1nc(OC(C)CC(C)C)ccc1C(=O)O. The van der Waals surface area contributed by atoms with Crippen molar-refractivity contribution in [3.05, 3.63) is 23.4 Å². The van der Waals surface area contributed by atoms with Crippen LogP contribution < -0.4 is 4.74 Å². The Balaban J connectivity index is 2.74. The Bertz CT molecular complexity index is 402. The first-order chi connectivity index (χ1) is 7.90. The smallest absolute Gasteiger partial charge is 0.337 e. The van der Waals surface area contributed by atoms with E-state index in [2.05, 4.69) is 18.8 Å². The number of ether oxygens (including phenoxy) is 1. The Labute approximate surface area is 102 Å². The summed E-state index contributed by atoms with van der Waals surface area (Å²) in [5.41, 5.74) is 0.695. The Morgan fingerprint density at radius 2 is 2.06 bits per heavy atom. The number of aryl methyl sites for hydroxylation is 1. The van der Waals surface area contributed by atoms with Crippen molar-refractivity contribution in [2.45, 2.75) is 40.2 Å². The Hall–Kier alpha value is -1.58. The summed E-state index contributed by atoms with van der Waals surface area (Å²) in [5, 5.41) is 8.88. The van der Waals surface area contributed by atoms with Crippen molar-refractivity contribution in [1.82, 2.24) is 4.98 Å². The van der Waals surface area contributed by atoms with Gasteiger partial charge < -0.3 is 9.84 Å². The van der Waals surface area contributed by atoms with E-state index in [1.807, 2.05) is 6.92 Å². The number of carboxylic acid groups (broad SMARTS) is 1. The molecule has 1 N–H and O–H groups in total. The number of carbonyl (C=O) groups is 1. The van der Waals surface area contributed by atoms with Crippen LogP contribution in [0.4, 0.5) is 0 Å². The van der Waals surface area contributed by atoms with E-state index in [1.165, 1.54) is 6.07 Å². The van der Waals surface area contributed by atoms with Gasteiger partial charge in [0.2, 0.25) is 5.88 Å². The molecule has 4 heteroatoms. The molecule has 1 atom stereocenters. The van der Waals surface area contributed by atoms with Crippen LogP contribution >= 0.6 is 0 Å². The zero-order valence-corrected chi connectivity index (χ0v) is 10.7. The molecule has 0 spiro atoms. The third-order valence-electron chi connectivity index (χ3n) is 2.42. The fourth-order valence-corrected chi connectivity index (χ4v) is 1.75. The largest absolute Gasteiger partial charge is 0.478 e. The lowest BCUT2D eigenvalue weighted by molar-refractivity contribution is 0.0695. The molecule has 0 aliphatic rings. The van der Waals surface area contributed by atoms with Crippen molar-refractivity contribution in [1.29, 1.82) is 0 Å². The van der Waals surface area contributed by atoms with Gasteiger partial charge in [-0.1, -0.05) is 13.8 Å². The molecule has 0 radical (unpaired) electrons. The predicted octanol–water partition coefficient (Wildman–Crippen LogP) is 2.90. The van der Waals surface area contributed by atoms with E-state index in [9.17, 15) is 4.79 Å². The summed E-state index contributed by atoms with van der Waals surface area (Å²) < 4.78 is 5.64. The van der Waals surface area contributed by atoms with E-state index in [0.29, 0.717) is 17.5 Å². The molecule has 0 aromatic carbocycles. The summed E-state index contributed by atoms with van der Waals surface area (Å²) in [7, 11) is 0. The lowest BCUT2D eigenvalue weighted by Crippen LogP contribution is -2.15. The lowest BCUT2D eigenvalue weighted by Gasteiger charge is -2.16. The Kier molecular flexibility index (Phi) is 4.49. The summed E-state index contributed by atoms with van der Waals surface area (Å²) in [6, 6.07) is 3.13. The number of carboxylic acids is 1. The fourth-order valence-electron chi connectivity index (χ4n) is 1.75. The molecule has 0 aliphatic carbocycles. The highest BCUT2D eigenvalue weighted by Gasteiger charge is 2.11. The molecule has 1 unspecified atom stereocenters. The average molecular weight is 237 g/mol. The van der Waals surface area contributed by atoms with Gasteiger partial charge in [-0.2, -0.15) is 0 Å². The quantitative estimate of drug-likeness (QED) is 0.855. The summed E-state index contributed by atoms with van der Waals surface area (Å²) in [6.45, 7) is 7.92. The Morgan fingerprint density at radius 1 is 1.41 bits per heavy atom. The Morgan fingerprint density at radius 3 is 2.53 bits per heavy atom. The van der Waals surface area contributed by atoms with Crippen molar-refractivity contribution in [3.63, 3.8) is 0 Å². The maximum absolute atomic E-state index is 10.8. The number of aromatic nitrogens is 1. The molecule has 0 saturated carbocycles. The van der Waals surface area contributed by atoms with Gasteiger partial charge in [0.1, 0.15) is 0 Å². The number of nitrogens with zero attached hydrogens (tertiary/aromatic N) is 1. The molecular weight excluding hydrogens is 218 g/mol. The maximum atomic E-state index is 10.8. The summed E-state index contributed by atoms with van der Waals surface area (Å²) in [6.07, 6.45) is 1.03. The highest BCUT2D eigenvalue weighted by Crippen LogP contribution is 2.16. The molecule has 0 aliphatic heterocycles. The number of aromatic carboxylic acids is 1. The van der Waals surface area contributed by atoms with Crippen molar-refractivity contribution in [2.75, 3.05) is 0 Å². The molecular formula is C13H19NO3. The minimum Gasteiger partial charge on any atom is -0.478 e. The van der Waals surface area contributed by atoms with Crippen molar-refractivity contribution in [3.8, 4) is 5.88 Å². The minimum absolute atomic E-state index is 0.0811.